The van der Waals surface area contributed by atoms with Gasteiger partial charge in [-0.25, -0.2) is 8.42 Å². The van der Waals surface area contributed by atoms with Gasteiger partial charge in [-0.3, -0.25) is 25.4 Å². The molecule has 1 aliphatic rings. The molecule has 1 aromatic heterocycles. The summed E-state index contributed by atoms with van der Waals surface area (Å²) >= 11 is 0. The zero-order valence-electron chi connectivity index (χ0n) is 16.7. The molecular weight excluding hydrogens is 406 g/mol. The minimum absolute atomic E-state index is 0.0190. The van der Waals surface area contributed by atoms with E-state index in [1.807, 2.05) is 31.2 Å². The molecule has 0 aliphatic carbocycles. The summed E-state index contributed by atoms with van der Waals surface area (Å²) < 4.78 is 26.6. The van der Waals surface area contributed by atoms with Gasteiger partial charge in [0.1, 0.15) is 4.90 Å². The molecule has 3 rings (SSSR count). The fourth-order valence-corrected chi connectivity index (χ4v) is 4.57. The lowest BCUT2D eigenvalue weighted by Gasteiger charge is -2.30. The van der Waals surface area contributed by atoms with Gasteiger partial charge in [-0.1, -0.05) is 17.7 Å². The highest BCUT2D eigenvalue weighted by molar-refractivity contribution is 7.89. The summed E-state index contributed by atoms with van der Waals surface area (Å²) in [7, 11) is -3.61. The van der Waals surface area contributed by atoms with Crippen LogP contribution in [0.3, 0.4) is 0 Å². The Bertz CT molecular complexity index is 972. The third kappa shape index (κ3) is 5.55. The number of sulfonamides is 1. The largest absolute Gasteiger partial charge is 0.376 e. The van der Waals surface area contributed by atoms with E-state index in [0.717, 1.165) is 11.3 Å². The normalized spacial score (nSPS) is 15.4. The van der Waals surface area contributed by atoms with E-state index in [-0.39, 0.29) is 42.3 Å². The van der Waals surface area contributed by atoms with Gasteiger partial charge in [-0.05, 0) is 44.0 Å². The Morgan fingerprint density at radius 1 is 1.10 bits per heavy atom. The van der Waals surface area contributed by atoms with Gasteiger partial charge >= 0.3 is 0 Å². The molecule has 1 aromatic carbocycles. The zero-order chi connectivity index (χ0) is 21.6. The molecule has 2 heterocycles. The second kappa shape index (κ2) is 9.68. The Labute approximate surface area is 175 Å². The van der Waals surface area contributed by atoms with Crippen LogP contribution in [0.4, 0.5) is 5.69 Å². The van der Waals surface area contributed by atoms with Crippen LogP contribution in [0.2, 0.25) is 0 Å². The van der Waals surface area contributed by atoms with Crippen molar-refractivity contribution in [2.24, 2.45) is 5.92 Å². The van der Waals surface area contributed by atoms with E-state index in [9.17, 15) is 18.0 Å². The number of aromatic nitrogens is 1. The van der Waals surface area contributed by atoms with Crippen molar-refractivity contribution in [2.45, 2.75) is 24.7 Å². The Morgan fingerprint density at radius 2 is 1.80 bits per heavy atom. The van der Waals surface area contributed by atoms with Crippen molar-refractivity contribution in [1.29, 1.82) is 0 Å². The Hall–Kier alpha value is -2.98. The van der Waals surface area contributed by atoms with Crippen molar-refractivity contribution in [3.8, 4) is 0 Å². The highest BCUT2D eigenvalue weighted by atomic mass is 32.2. The van der Waals surface area contributed by atoms with Crippen LogP contribution in [-0.4, -0.2) is 49.2 Å². The number of hydrogen-bond acceptors (Lipinski definition) is 6. The number of nitrogens with zero attached hydrogens (tertiary/aromatic N) is 2. The molecule has 9 nitrogen and oxygen atoms in total. The molecule has 0 unspecified atom stereocenters. The first kappa shape index (κ1) is 21.7. The maximum Gasteiger partial charge on any atom is 0.257 e. The number of aryl methyl sites for hydroxylation is 1. The molecule has 0 atom stereocenters. The molecule has 0 bridgehead atoms. The average molecular weight is 432 g/mol. The first-order chi connectivity index (χ1) is 14.4. The zero-order valence-corrected chi connectivity index (χ0v) is 17.5. The van der Waals surface area contributed by atoms with Crippen LogP contribution in [0.25, 0.3) is 0 Å². The SMILES string of the molecule is Cc1ccc(NCC(=O)NNC(=O)C2CCN(S(=O)(=O)c3cccnc3)CC2)cc1. The van der Waals surface area contributed by atoms with E-state index in [4.69, 9.17) is 0 Å². The predicted octanol–water partition coefficient (Wildman–Crippen LogP) is 1.05. The lowest BCUT2D eigenvalue weighted by atomic mass is 9.98. The maximum atomic E-state index is 12.6. The molecule has 0 saturated carbocycles. The lowest BCUT2D eigenvalue weighted by molar-refractivity contribution is -0.131. The number of nitrogens with one attached hydrogen (secondary N) is 3. The second-order valence-electron chi connectivity index (χ2n) is 7.12. The number of hydrogen-bond donors (Lipinski definition) is 3. The van der Waals surface area contributed by atoms with E-state index in [2.05, 4.69) is 21.2 Å². The third-order valence-electron chi connectivity index (χ3n) is 4.93. The van der Waals surface area contributed by atoms with Crippen molar-refractivity contribution < 1.29 is 18.0 Å². The molecule has 0 spiro atoms. The van der Waals surface area contributed by atoms with Crippen LogP contribution in [0.1, 0.15) is 18.4 Å². The fourth-order valence-electron chi connectivity index (χ4n) is 3.14. The first-order valence-corrected chi connectivity index (χ1v) is 11.1. The van der Waals surface area contributed by atoms with Crippen molar-refractivity contribution >= 4 is 27.5 Å². The van der Waals surface area contributed by atoms with Gasteiger partial charge in [-0.15, -0.1) is 0 Å². The number of pyridine rings is 1. The average Bonchev–Trinajstić information content (AvgIpc) is 2.77. The summed E-state index contributed by atoms with van der Waals surface area (Å²) in [6.45, 7) is 2.46. The molecule has 3 N–H and O–H groups in total. The number of amides is 2. The summed E-state index contributed by atoms with van der Waals surface area (Å²) in [5, 5.41) is 2.97. The first-order valence-electron chi connectivity index (χ1n) is 9.65. The van der Waals surface area contributed by atoms with Gasteiger partial charge in [0.05, 0.1) is 6.54 Å². The third-order valence-corrected chi connectivity index (χ3v) is 6.81. The van der Waals surface area contributed by atoms with Crippen LogP contribution in [0.5, 0.6) is 0 Å². The number of carbonyl (C=O) groups excluding carboxylic acids is 2. The summed E-state index contributed by atoms with van der Waals surface area (Å²) in [6, 6.07) is 10.7. The van der Waals surface area contributed by atoms with Gasteiger partial charge in [0.2, 0.25) is 15.9 Å². The highest BCUT2D eigenvalue weighted by Gasteiger charge is 2.32. The molecule has 30 heavy (non-hydrogen) atoms. The van der Waals surface area contributed by atoms with Gasteiger partial charge in [0.25, 0.3) is 5.91 Å². The van der Waals surface area contributed by atoms with E-state index < -0.39 is 10.0 Å². The molecule has 1 fully saturated rings. The number of hydrazine groups is 1. The van der Waals surface area contributed by atoms with Crippen molar-refractivity contribution in [2.75, 3.05) is 25.0 Å². The maximum absolute atomic E-state index is 12.6. The lowest BCUT2D eigenvalue weighted by Crippen LogP contribution is -2.49. The fraction of sp³-hybridized carbons (Fsp3) is 0.350. The van der Waals surface area contributed by atoms with Crippen LogP contribution in [-0.2, 0) is 19.6 Å². The molecule has 2 amide bonds. The second-order valence-corrected chi connectivity index (χ2v) is 9.06. The van der Waals surface area contributed by atoms with Crippen molar-refractivity contribution in [1.82, 2.24) is 20.1 Å². The molecule has 1 saturated heterocycles. The molecule has 2 aromatic rings. The van der Waals surface area contributed by atoms with E-state index in [1.54, 1.807) is 6.07 Å². The minimum atomic E-state index is -3.61. The van der Waals surface area contributed by atoms with E-state index in [0.29, 0.717) is 12.8 Å². The molecule has 10 heteroatoms. The van der Waals surface area contributed by atoms with Gasteiger partial charge in [0.15, 0.2) is 0 Å². The summed E-state index contributed by atoms with van der Waals surface area (Å²) in [5.41, 5.74) is 6.75. The van der Waals surface area contributed by atoms with Crippen LogP contribution >= 0.6 is 0 Å². The monoisotopic (exact) mass is 431 g/mol. The van der Waals surface area contributed by atoms with E-state index in [1.165, 1.54) is 22.8 Å². The highest BCUT2D eigenvalue weighted by Crippen LogP contribution is 2.23. The number of rotatable bonds is 6. The molecule has 1 aliphatic heterocycles. The van der Waals surface area contributed by atoms with Crippen LogP contribution < -0.4 is 16.2 Å². The van der Waals surface area contributed by atoms with Crippen molar-refractivity contribution in [3.05, 3.63) is 54.4 Å². The molecular formula is C20H25N5O4S. The Morgan fingerprint density at radius 3 is 2.43 bits per heavy atom. The van der Waals surface area contributed by atoms with Gasteiger partial charge in [0, 0.05) is 37.1 Å². The Balaban J connectivity index is 1.42. The quantitative estimate of drug-likeness (QED) is 0.588. The summed E-state index contributed by atoms with van der Waals surface area (Å²) in [5.74, 6) is -1.06. The van der Waals surface area contributed by atoms with E-state index >= 15 is 0 Å². The predicted molar refractivity (Wildman–Crippen MR) is 112 cm³/mol. The summed E-state index contributed by atoms with van der Waals surface area (Å²) in [4.78, 5) is 28.2. The number of carbonyl (C=O) groups is 2. The molecule has 160 valence electrons. The number of piperidine rings is 1. The number of anilines is 1. The van der Waals surface area contributed by atoms with Crippen LogP contribution in [0.15, 0.2) is 53.7 Å². The van der Waals surface area contributed by atoms with Crippen molar-refractivity contribution in [3.63, 3.8) is 0 Å². The van der Waals surface area contributed by atoms with Gasteiger partial charge in [-0.2, -0.15) is 4.31 Å². The number of benzene rings is 1. The topological polar surface area (TPSA) is 120 Å². The smallest absolute Gasteiger partial charge is 0.257 e. The van der Waals surface area contributed by atoms with Crippen LogP contribution in [0, 0.1) is 12.8 Å². The summed E-state index contributed by atoms with van der Waals surface area (Å²) in [6.07, 6.45) is 3.58. The van der Waals surface area contributed by atoms with Gasteiger partial charge < -0.3 is 5.32 Å². The standard InChI is InChI=1S/C20H25N5O4S/c1-15-4-6-17(7-5-15)22-14-19(26)23-24-20(27)16-8-11-25(12-9-16)30(28,29)18-3-2-10-21-13-18/h2-7,10,13,16,22H,8-9,11-12,14H2,1H3,(H,23,26)(H,24,27). The minimum Gasteiger partial charge on any atom is -0.376 e. The Kier molecular flexibility index (Phi) is 7.01. The molecule has 0 radical (unpaired) electrons.